The summed E-state index contributed by atoms with van der Waals surface area (Å²) in [5.41, 5.74) is 3.12. The number of carbonyl (C=O) groups excluding carboxylic acids is 1. The van der Waals surface area contributed by atoms with Crippen molar-refractivity contribution in [2.45, 2.75) is 33.2 Å². The number of phenolic OH excluding ortho intramolecular Hbond substituents is 1. The summed E-state index contributed by atoms with van der Waals surface area (Å²) < 4.78 is 4.86. The van der Waals surface area contributed by atoms with Crippen LogP contribution in [0.4, 0.5) is 5.69 Å². The number of hydrazone groups is 1. The molecule has 1 aliphatic heterocycles. The highest BCUT2D eigenvalue weighted by atomic mass is 16.5. The van der Waals surface area contributed by atoms with E-state index in [0.717, 1.165) is 23.4 Å². The van der Waals surface area contributed by atoms with Crippen LogP contribution in [0.25, 0.3) is 0 Å². The topological polar surface area (TPSA) is 62.1 Å². The maximum absolute atomic E-state index is 10.5. The summed E-state index contributed by atoms with van der Waals surface area (Å²) in [6.07, 6.45) is 0.820. The first kappa shape index (κ1) is 17.0. The van der Waals surface area contributed by atoms with Crippen LogP contribution in [-0.2, 0) is 4.79 Å². The van der Waals surface area contributed by atoms with Crippen molar-refractivity contribution in [3.05, 3.63) is 54.1 Å². The number of carbonyl (C=O) groups is 1. The Kier molecular flexibility index (Phi) is 4.49. The molecule has 2 aromatic rings. The molecule has 0 aliphatic carbocycles. The molecule has 0 aromatic heterocycles. The van der Waals surface area contributed by atoms with E-state index in [0.29, 0.717) is 12.2 Å². The summed E-state index contributed by atoms with van der Waals surface area (Å²) in [5.74, 6) is 0.750. The maximum atomic E-state index is 10.5. The number of hydrogen-bond acceptors (Lipinski definition) is 5. The minimum atomic E-state index is -0.0233. The molecule has 1 atom stereocenters. The summed E-state index contributed by atoms with van der Waals surface area (Å²) >= 11 is 0. The van der Waals surface area contributed by atoms with Crippen LogP contribution < -0.4 is 9.75 Å². The normalized spacial score (nSPS) is 17.3. The van der Waals surface area contributed by atoms with Gasteiger partial charge in [0.2, 0.25) is 0 Å². The fourth-order valence-corrected chi connectivity index (χ4v) is 2.89. The molecule has 130 valence electrons. The van der Waals surface area contributed by atoms with Gasteiger partial charge >= 0.3 is 0 Å². The Bertz CT molecular complexity index is 774. The fourth-order valence-electron chi connectivity index (χ4n) is 2.89. The third-order valence-corrected chi connectivity index (χ3v) is 4.34. The number of anilines is 1. The third-order valence-electron chi connectivity index (χ3n) is 4.34. The van der Waals surface area contributed by atoms with Gasteiger partial charge < -0.3 is 9.84 Å². The van der Waals surface area contributed by atoms with Gasteiger partial charge in [-0.05, 0) is 42.0 Å². The van der Waals surface area contributed by atoms with Gasteiger partial charge in [0.15, 0.2) is 0 Å². The van der Waals surface area contributed by atoms with Crippen molar-refractivity contribution < 1.29 is 14.6 Å². The molecule has 1 N–H and O–H groups in total. The van der Waals surface area contributed by atoms with Gasteiger partial charge in [-0.25, -0.2) is 0 Å². The van der Waals surface area contributed by atoms with Gasteiger partial charge in [-0.1, -0.05) is 32.9 Å². The number of nitrogens with zero attached hydrogens (tertiary/aromatic N) is 2. The van der Waals surface area contributed by atoms with Crippen LogP contribution in [0, 0.1) is 5.41 Å². The Morgan fingerprint density at radius 1 is 1.12 bits per heavy atom. The predicted octanol–water partition coefficient (Wildman–Crippen LogP) is 4.28. The second-order valence-electron chi connectivity index (χ2n) is 7.16. The first-order valence-corrected chi connectivity index (χ1v) is 8.25. The van der Waals surface area contributed by atoms with Crippen molar-refractivity contribution in [2.75, 3.05) is 5.01 Å². The van der Waals surface area contributed by atoms with Crippen LogP contribution >= 0.6 is 0 Å². The average molecular weight is 338 g/mol. The molecule has 0 amide bonds. The van der Waals surface area contributed by atoms with Gasteiger partial charge in [0, 0.05) is 17.5 Å². The van der Waals surface area contributed by atoms with Crippen LogP contribution in [0.2, 0.25) is 0 Å². The predicted molar refractivity (Wildman–Crippen MR) is 98.0 cm³/mol. The van der Waals surface area contributed by atoms with Crippen molar-refractivity contribution in [3.63, 3.8) is 0 Å². The fraction of sp³-hybridized carbons (Fsp3) is 0.300. The van der Waals surface area contributed by atoms with Crippen molar-refractivity contribution >= 4 is 17.9 Å². The molecule has 0 spiro atoms. The molecule has 3 rings (SSSR count). The zero-order chi connectivity index (χ0) is 18.0. The zero-order valence-electron chi connectivity index (χ0n) is 14.6. The molecule has 0 radical (unpaired) electrons. The second-order valence-corrected chi connectivity index (χ2v) is 7.16. The highest BCUT2D eigenvalue weighted by Crippen LogP contribution is 2.39. The van der Waals surface area contributed by atoms with Crippen LogP contribution in [0.5, 0.6) is 11.5 Å². The largest absolute Gasteiger partial charge is 0.508 e. The molecule has 1 aliphatic rings. The van der Waals surface area contributed by atoms with Gasteiger partial charge in [-0.15, -0.1) is 0 Å². The number of aromatic hydroxyl groups is 1. The number of ether oxygens (including phenoxy) is 1. The maximum Gasteiger partial charge on any atom is 0.298 e. The van der Waals surface area contributed by atoms with E-state index >= 15 is 0 Å². The lowest BCUT2D eigenvalue weighted by molar-refractivity contribution is -0.120. The lowest BCUT2D eigenvalue weighted by Crippen LogP contribution is -2.19. The summed E-state index contributed by atoms with van der Waals surface area (Å²) in [6, 6.07) is 14.6. The molecule has 5 nitrogen and oxygen atoms in total. The molecule has 0 fully saturated rings. The van der Waals surface area contributed by atoms with E-state index in [1.165, 1.54) is 0 Å². The van der Waals surface area contributed by atoms with E-state index in [2.05, 4.69) is 20.8 Å². The van der Waals surface area contributed by atoms with E-state index in [9.17, 15) is 9.90 Å². The van der Waals surface area contributed by atoms with Crippen molar-refractivity contribution in [2.24, 2.45) is 10.5 Å². The minimum absolute atomic E-state index is 0.0233. The Morgan fingerprint density at radius 2 is 1.76 bits per heavy atom. The van der Waals surface area contributed by atoms with Gasteiger partial charge in [0.25, 0.3) is 6.47 Å². The highest BCUT2D eigenvalue weighted by molar-refractivity contribution is 5.93. The van der Waals surface area contributed by atoms with Crippen LogP contribution in [0.15, 0.2) is 53.6 Å². The molecule has 25 heavy (non-hydrogen) atoms. The Balaban J connectivity index is 1.96. The van der Waals surface area contributed by atoms with Gasteiger partial charge in [-0.3, -0.25) is 9.80 Å². The molecule has 2 aromatic carbocycles. The quantitative estimate of drug-likeness (QED) is 0.845. The van der Waals surface area contributed by atoms with E-state index in [1.54, 1.807) is 24.3 Å². The van der Waals surface area contributed by atoms with Crippen molar-refractivity contribution in [1.82, 2.24) is 0 Å². The van der Waals surface area contributed by atoms with Crippen LogP contribution in [0.3, 0.4) is 0 Å². The molecule has 1 heterocycles. The third kappa shape index (κ3) is 3.65. The summed E-state index contributed by atoms with van der Waals surface area (Å²) in [6.45, 7) is 6.89. The lowest BCUT2D eigenvalue weighted by Gasteiger charge is -2.24. The van der Waals surface area contributed by atoms with E-state index < -0.39 is 0 Å². The average Bonchev–Trinajstić information content (AvgIpc) is 3.02. The number of benzene rings is 2. The monoisotopic (exact) mass is 338 g/mol. The van der Waals surface area contributed by atoms with Crippen LogP contribution in [-0.4, -0.2) is 17.3 Å². The molecular weight excluding hydrogens is 316 g/mol. The SMILES string of the molecule is CC(C)(C)C1=NN(c2ccc(OC=O)cc2)C(c2ccc(O)cc2)C1. The number of phenols is 1. The summed E-state index contributed by atoms with van der Waals surface area (Å²) in [4.78, 5) is 10.5. The second kappa shape index (κ2) is 6.59. The number of hydrogen-bond donors (Lipinski definition) is 1. The van der Waals surface area contributed by atoms with Gasteiger partial charge in [-0.2, -0.15) is 5.10 Å². The van der Waals surface area contributed by atoms with Crippen LogP contribution in [0.1, 0.15) is 38.8 Å². The number of rotatable bonds is 4. The smallest absolute Gasteiger partial charge is 0.298 e. The Labute approximate surface area is 147 Å². The van der Waals surface area contributed by atoms with E-state index in [-0.39, 0.29) is 17.2 Å². The summed E-state index contributed by atoms with van der Waals surface area (Å²) in [7, 11) is 0. The van der Waals surface area contributed by atoms with Gasteiger partial charge in [0.05, 0.1) is 11.7 Å². The Hall–Kier alpha value is -2.82. The standard InChI is InChI=1S/C20H22N2O3/c1-20(2,3)19-12-18(14-4-8-16(24)9-5-14)22(21-19)15-6-10-17(11-7-15)25-13-23/h4-11,13,18,24H,12H2,1-3H3. The molecule has 0 saturated heterocycles. The molecule has 1 unspecified atom stereocenters. The van der Waals surface area contributed by atoms with E-state index in [4.69, 9.17) is 9.84 Å². The minimum Gasteiger partial charge on any atom is -0.508 e. The first-order valence-electron chi connectivity index (χ1n) is 8.25. The highest BCUT2D eigenvalue weighted by Gasteiger charge is 2.34. The summed E-state index contributed by atoms with van der Waals surface area (Å²) in [5, 5.41) is 16.4. The lowest BCUT2D eigenvalue weighted by atomic mass is 9.86. The van der Waals surface area contributed by atoms with Crippen molar-refractivity contribution in [1.29, 1.82) is 0 Å². The van der Waals surface area contributed by atoms with E-state index in [1.807, 2.05) is 29.3 Å². The Morgan fingerprint density at radius 3 is 2.32 bits per heavy atom. The molecular formula is C20H22N2O3. The first-order chi connectivity index (χ1) is 11.9. The molecule has 0 saturated carbocycles. The molecule has 0 bridgehead atoms. The van der Waals surface area contributed by atoms with Gasteiger partial charge in [0.1, 0.15) is 11.5 Å². The molecule has 5 heteroatoms. The van der Waals surface area contributed by atoms with Crippen molar-refractivity contribution in [3.8, 4) is 11.5 Å². The zero-order valence-corrected chi connectivity index (χ0v) is 14.6.